The van der Waals surface area contributed by atoms with E-state index in [4.69, 9.17) is 16.3 Å². The molecule has 0 atom stereocenters. The summed E-state index contributed by atoms with van der Waals surface area (Å²) >= 11 is 5.82. The zero-order valence-electron chi connectivity index (χ0n) is 11.1. The molecule has 0 saturated carbocycles. The maximum absolute atomic E-state index is 13.9. The third kappa shape index (κ3) is 3.48. The lowest BCUT2D eigenvalue weighted by Crippen LogP contribution is -2.07. The lowest BCUT2D eigenvalue weighted by molar-refractivity contribution is -0.385. The van der Waals surface area contributed by atoms with Gasteiger partial charge in [-0.1, -0.05) is 23.7 Å². The van der Waals surface area contributed by atoms with E-state index in [1.807, 2.05) is 0 Å². The molecule has 0 spiro atoms. The number of rotatable bonds is 5. The van der Waals surface area contributed by atoms with E-state index < -0.39 is 10.7 Å². The van der Waals surface area contributed by atoms with Gasteiger partial charge in [-0.2, -0.15) is 0 Å². The van der Waals surface area contributed by atoms with Crippen LogP contribution in [-0.2, 0) is 6.54 Å². The molecule has 0 fully saturated rings. The molecule has 5 nitrogen and oxygen atoms in total. The Hall–Kier alpha value is -2.18. The van der Waals surface area contributed by atoms with Crippen molar-refractivity contribution >= 4 is 17.3 Å². The van der Waals surface area contributed by atoms with Gasteiger partial charge in [-0.25, -0.2) is 4.39 Å². The highest BCUT2D eigenvalue weighted by Crippen LogP contribution is 2.36. The fourth-order valence-electron chi connectivity index (χ4n) is 1.83. The number of hydrogen-bond acceptors (Lipinski definition) is 4. The first-order valence-corrected chi connectivity index (χ1v) is 6.44. The van der Waals surface area contributed by atoms with Crippen molar-refractivity contribution in [1.29, 1.82) is 0 Å². The Morgan fingerprint density at radius 2 is 2.14 bits per heavy atom. The molecule has 0 heterocycles. The maximum atomic E-state index is 13.9. The van der Waals surface area contributed by atoms with Crippen LogP contribution in [-0.4, -0.2) is 12.0 Å². The van der Waals surface area contributed by atoms with Gasteiger partial charge in [-0.15, -0.1) is 0 Å². The van der Waals surface area contributed by atoms with Crippen LogP contribution >= 0.6 is 11.6 Å². The minimum Gasteiger partial charge on any atom is -0.447 e. The summed E-state index contributed by atoms with van der Waals surface area (Å²) in [6.07, 6.45) is 0. The predicted octanol–water partition coefficient (Wildman–Crippen LogP) is 3.90. The van der Waals surface area contributed by atoms with Crippen LogP contribution in [0.2, 0.25) is 5.02 Å². The van der Waals surface area contributed by atoms with E-state index >= 15 is 0 Å². The molecule has 0 aromatic heterocycles. The maximum Gasteiger partial charge on any atom is 0.311 e. The van der Waals surface area contributed by atoms with Gasteiger partial charge in [0.1, 0.15) is 0 Å². The van der Waals surface area contributed by atoms with Crippen LogP contribution in [0.3, 0.4) is 0 Å². The van der Waals surface area contributed by atoms with Gasteiger partial charge in [0.2, 0.25) is 5.75 Å². The SMILES string of the molecule is CNCc1cccc(F)c1Oc1cc(Cl)ccc1[N+](=O)[O-]. The molecule has 2 aromatic rings. The molecule has 0 radical (unpaired) electrons. The lowest BCUT2D eigenvalue weighted by Gasteiger charge is -2.12. The minimum atomic E-state index is -0.607. The Morgan fingerprint density at radius 3 is 2.81 bits per heavy atom. The van der Waals surface area contributed by atoms with Crippen LogP contribution in [0.15, 0.2) is 36.4 Å². The number of nitrogens with one attached hydrogen (secondary N) is 1. The summed E-state index contributed by atoms with van der Waals surface area (Å²) in [6, 6.07) is 8.32. The number of nitro groups is 1. The van der Waals surface area contributed by atoms with E-state index in [-0.39, 0.29) is 22.2 Å². The van der Waals surface area contributed by atoms with E-state index in [1.54, 1.807) is 19.2 Å². The van der Waals surface area contributed by atoms with E-state index in [2.05, 4.69) is 5.32 Å². The Bertz CT molecular complexity index is 679. The van der Waals surface area contributed by atoms with Crippen molar-refractivity contribution in [3.63, 3.8) is 0 Å². The van der Waals surface area contributed by atoms with Crippen molar-refractivity contribution in [2.24, 2.45) is 0 Å². The summed E-state index contributed by atoms with van der Waals surface area (Å²) in [6.45, 7) is 0.363. The number of para-hydroxylation sites is 1. The third-order valence-corrected chi connectivity index (χ3v) is 2.98. The summed E-state index contributed by atoms with van der Waals surface area (Å²) in [5, 5.41) is 14.1. The van der Waals surface area contributed by atoms with Crippen molar-refractivity contribution in [2.75, 3.05) is 7.05 Å². The van der Waals surface area contributed by atoms with Crippen molar-refractivity contribution in [3.8, 4) is 11.5 Å². The summed E-state index contributed by atoms with van der Waals surface area (Å²) in [5.74, 6) is -0.760. The highest BCUT2D eigenvalue weighted by molar-refractivity contribution is 6.30. The standard InChI is InChI=1S/C14H12ClFN2O3/c1-17-8-9-3-2-4-11(16)14(9)21-13-7-10(15)5-6-12(13)18(19)20/h2-7,17H,8H2,1H3. The Balaban J connectivity index is 2.47. The second-order valence-corrected chi connectivity index (χ2v) is 4.67. The second-order valence-electron chi connectivity index (χ2n) is 4.23. The second kappa shape index (κ2) is 6.51. The van der Waals surface area contributed by atoms with Crippen molar-refractivity contribution in [2.45, 2.75) is 6.54 Å². The monoisotopic (exact) mass is 310 g/mol. The molecule has 0 bridgehead atoms. The van der Waals surface area contributed by atoms with Crippen molar-refractivity contribution in [3.05, 3.63) is 62.9 Å². The lowest BCUT2D eigenvalue weighted by atomic mass is 10.2. The predicted molar refractivity (Wildman–Crippen MR) is 77.3 cm³/mol. The molecule has 110 valence electrons. The van der Waals surface area contributed by atoms with Crippen LogP contribution in [0.1, 0.15) is 5.56 Å². The fraction of sp³-hybridized carbons (Fsp3) is 0.143. The first-order chi connectivity index (χ1) is 10.0. The summed E-state index contributed by atoms with van der Waals surface area (Å²) in [5.41, 5.74) is 0.268. The number of benzene rings is 2. The quantitative estimate of drug-likeness (QED) is 0.672. The largest absolute Gasteiger partial charge is 0.447 e. The topological polar surface area (TPSA) is 64.4 Å². The molecular formula is C14H12ClFN2O3. The van der Waals surface area contributed by atoms with Gasteiger partial charge < -0.3 is 10.1 Å². The Morgan fingerprint density at radius 1 is 1.38 bits per heavy atom. The molecule has 7 heteroatoms. The van der Waals surface area contributed by atoms with E-state index in [0.29, 0.717) is 12.1 Å². The zero-order valence-corrected chi connectivity index (χ0v) is 11.9. The molecular weight excluding hydrogens is 299 g/mol. The summed E-state index contributed by atoms with van der Waals surface area (Å²) in [4.78, 5) is 10.4. The van der Waals surface area contributed by atoms with Gasteiger partial charge in [0.05, 0.1) is 4.92 Å². The van der Waals surface area contributed by atoms with Crippen LogP contribution < -0.4 is 10.1 Å². The highest BCUT2D eigenvalue weighted by Gasteiger charge is 2.19. The first-order valence-electron chi connectivity index (χ1n) is 6.06. The van der Waals surface area contributed by atoms with Gasteiger partial charge in [-0.3, -0.25) is 10.1 Å². The van der Waals surface area contributed by atoms with Crippen LogP contribution in [0.4, 0.5) is 10.1 Å². The number of nitrogens with zero attached hydrogens (tertiary/aromatic N) is 1. The Kier molecular flexibility index (Phi) is 4.72. The molecule has 0 aliphatic carbocycles. The van der Waals surface area contributed by atoms with Gasteiger partial charge >= 0.3 is 5.69 Å². The molecule has 2 rings (SSSR count). The first kappa shape index (κ1) is 15.2. The molecule has 0 aliphatic rings. The fourth-order valence-corrected chi connectivity index (χ4v) is 1.99. The van der Waals surface area contributed by atoms with E-state index in [9.17, 15) is 14.5 Å². The van der Waals surface area contributed by atoms with Gasteiger partial charge in [-0.05, 0) is 19.2 Å². The smallest absolute Gasteiger partial charge is 0.311 e. The van der Waals surface area contributed by atoms with Crippen LogP contribution in [0, 0.1) is 15.9 Å². The van der Waals surface area contributed by atoms with Crippen molar-refractivity contribution in [1.82, 2.24) is 5.32 Å². The van der Waals surface area contributed by atoms with Gasteiger partial charge in [0, 0.05) is 29.3 Å². The van der Waals surface area contributed by atoms with E-state index in [0.717, 1.165) is 0 Å². The van der Waals surface area contributed by atoms with Gasteiger partial charge in [0.25, 0.3) is 0 Å². The molecule has 2 aromatic carbocycles. The van der Waals surface area contributed by atoms with E-state index in [1.165, 1.54) is 24.3 Å². The Labute approximate surface area is 125 Å². The van der Waals surface area contributed by atoms with Crippen LogP contribution in [0.25, 0.3) is 0 Å². The molecule has 0 unspecified atom stereocenters. The number of hydrogen-bond donors (Lipinski definition) is 1. The number of ether oxygens (including phenoxy) is 1. The van der Waals surface area contributed by atoms with Crippen LogP contribution in [0.5, 0.6) is 11.5 Å². The average Bonchev–Trinajstić information content (AvgIpc) is 2.42. The number of nitro benzene ring substituents is 1. The molecule has 0 aliphatic heterocycles. The minimum absolute atomic E-state index is 0.0581. The summed E-state index contributed by atoms with van der Waals surface area (Å²) in [7, 11) is 1.70. The molecule has 21 heavy (non-hydrogen) atoms. The van der Waals surface area contributed by atoms with Gasteiger partial charge in [0.15, 0.2) is 11.6 Å². The molecule has 0 amide bonds. The molecule has 1 N–H and O–H groups in total. The average molecular weight is 311 g/mol. The normalized spacial score (nSPS) is 10.4. The number of halogens is 2. The van der Waals surface area contributed by atoms with Crippen molar-refractivity contribution < 1.29 is 14.1 Å². The third-order valence-electron chi connectivity index (χ3n) is 2.75. The highest BCUT2D eigenvalue weighted by atomic mass is 35.5. The summed E-state index contributed by atoms with van der Waals surface area (Å²) < 4.78 is 19.4. The molecule has 0 saturated heterocycles. The zero-order chi connectivity index (χ0) is 15.4.